The molecular weight excluding hydrogens is 252 g/mol. The van der Waals surface area contributed by atoms with Crippen LogP contribution in [0.25, 0.3) is 0 Å². The van der Waals surface area contributed by atoms with Crippen LogP contribution in [-0.2, 0) is 13.6 Å². The minimum Gasteiger partial charge on any atom is -0.437 e. The highest BCUT2D eigenvalue weighted by Gasteiger charge is 2.16. The van der Waals surface area contributed by atoms with E-state index in [9.17, 15) is 0 Å². The van der Waals surface area contributed by atoms with E-state index in [1.54, 1.807) is 10.9 Å². The van der Waals surface area contributed by atoms with Gasteiger partial charge in [-0.1, -0.05) is 6.92 Å². The van der Waals surface area contributed by atoms with Crippen molar-refractivity contribution in [1.82, 2.24) is 20.1 Å². The second kappa shape index (κ2) is 6.52. The van der Waals surface area contributed by atoms with Crippen LogP contribution in [0.3, 0.4) is 0 Å². The standard InChI is InChI=1S/C15H22N4O/c1-5-8-16-10-13-11(2)18-19(4)15(13)20-14-7-6-9-17-12(14)3/h6-7,9,16H,5,8,10H2,1-4H3. The highest BCUT2D eigenvalue weighted by Crippen LogP contribution is 2.28. The quantitative estimate of drug-likeness (QED) is 0.823. The van der Waals surface area contributed by atoms with Crippen LogP contribution in [0.5, 0.6) is 11.6 Å². The van der Waals surface area contributed by atoms with E-state index in [0.717, 1.165) is 48.1 Å². The molecule has 2 rings (SSSR count). The van der Waals surface area contributed by atoms with Gasteiger partial charge in [-0.2, -0.15) is 5.10 Å². The summed E-state index contributed by atoms with van der Waals surface area (Å²) in [7, 11) is 1.90. The van der Waals surface area contributed by atoms with Crippen LogP contribution in [-0.4, -0.2) is 21.3 Å². The van der Waals surface area contributed by atoms with Gasteiger partial charge in [-0.05, 0) is 38.9 Å². The summed E-state index contributed by atoms with van der Waals surface area (Å²) in [4.78, 5) is 4.25. The summed E-state index contributed by atoms with van der Waals surface area (Å²) in [6, 6.07) is 3.80. The van der Waals surface area contributed by atoms with Crippen LogP contribution in [0, 0.1) is 13.8 Å². The molecule has 0 bridgehead atoms. The molecule has 0 aliphatic carbocycles. The summed E-state index contributed by atoms with van der Waals surface area (Å²) in [5.41, 5.74) is 2.97. The fourth-order valence-corrected chi connectivity index (χ4v) is 2.08. The van der Waals surface area contributed by atoms with Crippen molar-refractivity contribution >= 4 is 0 Å². The lowest BCUT2D eigenvalue weighted by Crippen LogP contribution is -2.14. The number of hydrogen-bond acceptors (Lipinski definition) is 4. The molecule has 0 aromatic carbocycles. The molecule has 5 nitrogen and oxygen atoms in total. The van der Waals surface area contributed by atoms with E-state index in [1.165, 1.54) is 0 Å². The first-order valence-electron chi connectivity index (χ1n) is 6.96. The Bertz CT molecular complexity index is 577. The van der Waals surface area contributed by atoms with E-state index in [0.29, 0.717) is 0 Å². The normalized spacial score (nSPS) is 10.8. The number of pyridine rings is 1. The minimum atomic E-state index is 0.766. The number of rotatable bonds is 6. The predicted octanol–water partition coefficient (Wildman–Crippen LogP) is 2.72. The lowest BCUT2D eigenvalue weighted by atomic mass is 10.2. The van der Waals surface area contributed by atoms with E-state index in [1.807, 2.05) is 33.0 Å². The summed E-state index contributed by atoms with van der Waals surface area (Å²) in [6.07, 6.45) is 2.87. The molecule has 0 saturated heterocycles. The van der Waals surface area contributed by atoms with Crippen LogP contribution in [0.15, 0.2) is 18.3 Å². The van der Waals surface area contributed by atoms with E-state index in [-0.39, 0.29) is 0 Å². The molecule has 0 atom stereocenters. The number of aromatic nitrogens is 3. The highest BCUT2D eigenvalue weighted by molar-refractivity contribution is 5.36. The summed E-state index contributed by atoms with van der Waals surface area (Å²) in [5, 5.41) is 7.84. The Hall–Kier alpha value is -1.88. The van der Waals surface area contributed by atoms with Gasteiger partial charge in [0.05, 0.1) is 17.0 Å². The maximum absolute atomic E-state index is 6.02. The van der Waals surface area contributed by atoms with Crippen molar-refractivity contribution in [3.05, 3.63) is 35.3 Å². The monoisotopic (exact) mass is 274 g/mol. The summed E-state index contributed by atoms with van der Waals surface area (Å²) in [6.45, 7) is 7.85. The second-order valence-electron chi connectivity index (χ2n) is 4.86. The molecule has 2 heterocycles. The van der Waals surface area contributed by atoms with E-state index < -0.39 is 0 Å². The summed E-state index contributed by atoms with van der Waals surface area (Å²) in [5.74, 6) is 1.55. The third-order valence-electron chi connectivity index (χ3n) is 3.18. The summed E-state index contributed by atoms with van der Waals surface area (Å²) < 4.78 is 7.80. The minimum absolute atomic E-state index is 0.766. The fourth-order valence-electron chi connectivity index (χ4n) is 2.08. The van der Waals surface area contributed by atoms with Crippen LogP contribution >= 0.6 is 0 Å². The zero-order valence-electron chi connectivity index (χ0n) is 12.6. The smallest absolute Gasteiger partial charge is 0.222 e. The van der Waals surface area contributed by atoms with Crippen LogP contribution < -0.4 is 10.1 Å². The molecule has 0 fully saturated rings. The zero-order chi connectivity index (χ0) is 14.5. The van der Waals surface area contributed by atoms with Gasteiger partial charge in [-0.25, -0.2) is 4.68 Å². The Morgan fingerprint density at radius 3 is 2.80 bits per heavy atom. The lowest BCUT2D eigenvalue weighted by Gasteiger charge is -2.10. The largest absolute Gasteiger partial charge is 0.437 e. The molecule has 0 saturated carbocycles. The van der Waals surface area contributed by atoms with Gasteiger partial charge in [-0.3, -0.25) is 4.98 Å². The molecule has 0 spiro atoms. The third kappa shape index (κ3) is 3.17. The third-order valence-corrected chi connectivity index (χ3v) is 3.18. The average Bonchev–Trinajstić information content (AvgIpc) is 2.68. The van der Waals surface area contributed by atoms with Crippen LogP contribution in [0.2, 0.25) is 0 Å². The molecule has 108 valence electrons. The van der Waals surface area contributed by atoms with Gasteiger partial charge in [0.25, 0.3) is 0 Å². The number of nitrogens with zero attached hydrogens (tertiary/aromatic N) is 3. The van der Waals surface area contributed by atoms with Crippen molar-refractivity contribution in [2.24, 2.45) is 7.05 Å². The van der Waals surface area contributed by atoms with Crippen molar-refractivity contribution in [3.63, 3.8) is 0 Å². The van der Waals surface area contributed by atoms with E-state index >= 15 is 0 Å². The van der Waals surface area contributed by atoms with E-state index in [4.69, 9.17) is 4.74 Å². The van der Waals surface area contributed by atoms with Crippen molar-refractivity contribution < 1.29 is 4.74 Å². The van der Waals surface area contributed by atoms with Crippen LogP contribution in [0.4, 0.5) is 0 Å². The Labute approximate surface area is 120 Å². The number of nitrogens with one attached hydrogen (secondary N) is 1. The van der Waals surface area contributed by atoms with Gasteiger partial charge in [0.1, 0.15) is 0 Å². The Kier molecular flexibility index (Phi) is 4.74. The number of ether oxygens (including phenoxy) is 1. The fraction of sp³-hybridized carbons (Fsp3) is 0.467. The SMILES string of the molecule is CCCNCc1c(C)nn(C)c1Oc1cccnc1C. The lowest BCUT2D eigenvalue weighted by molar-refractivity contribution is 0.419. The predicted molar refractivity (Wildman–Crippen MR) is 79.0 cm³/mol. The number of hydrogen-bond donors (Lipinski definition) is 1. The van der Waals surface area contributed by atoms with Gasteiger partial charge in [0.2, 0.25) is 5.88 Å². The van der Waals surface area contributed by atoms with Crippen molar-refractivity contribution in [1.29, 1.82) is 0 Å². The van der Waals surface area contributed by atoms with Crippen LogP contribution in [0.1, 0.15) is 30.3 Å². The molecule has 0 amide bonds. The second-order valence-corrected chi connectivity index (χ2v) is 4.86. The summed E-state index contributed by atoms with van der Waals surface area (Å²) >= 11 is 0. The number of aryl methyl sites for hydroxylation is 3. The average molecular weight is 274 g/mol. The van der Waals surface area contributed by atoms with Gasteiger partial charge in [-0.15, -0.1) is 0 Å². The van der Waals surface area contributed by atoms with Crippen molar-refractivity contribution in [2.75, 3.05) is 6.54 Å². The molecule has 0 unspecified atom stereocenters. The van der Waals surface area contributed by atoms with Gasteiger partial charge >= 0.3 is 0 Å². The molecule has 0 radical (unpaired) electrons. The highest BCUT2D eigenvalue weighted by atomic mass is 16.5. The maximum atomic E-state index is 6.02. The molecule has 0 aliphatic rings. The topological polar surface area (TPSA) is 52.0 Å². The molecule has 2 aromatic rings. The van der Waals surface area contributed by atoms with Gasteiger partial charge in [0, 0.05) is 19.8 Å². The molecule has 5 heteroatoms. The maximum Gasteiger partial charge on any atom is 0.222 e. The van der Waals surface area contributed by atoms with Gasteiger partial charge < -0.3 is 10.1 Å². The van der Waals surface area contributed by atoms with Crippen molar-refractivity contribution in [2.45, 2.75) is 33.7 Å². The van der Waals surface area contributed by atoms with E-state index in [2.05, 4.69) is 22.3 Å². The molecular formula is C15H22N4O. The first-order chi connectivity index (χ1) is 9.63. The molecule has 2 aromatic heterocycles. The molecule has 0 aliphatic heterocycles. The Balaban J connectivity index is 2.24. The van der Waals surface area contributed by atoms with Crippen molar-refractivity contribution in [3.8, 4) is 11.6 Å². The molecule has 20 heavy (non-hydrogen) atoms. The molecule has 1 N–H and O–H groups in total. The first-order valence-corrected chi connectivity index (χ1v) is 6.96. The van der Waals surface area contributed by atoms with Gasteiger partial charge in [0.15, 0.2) is 5.75 Å². The Morgan fingerprint density at radius 1 is 1.30 bits per heavy atom. The zero-order valence-corrected chi connectivity index (χ0v) is 12.6. The first kappa shape index (κ1) is 14.5. The Morgan fingerprint density at radius 2 is 2.10 bits per heavy atom.